The highest BCUT2D eigenvalue weighted by Crippen LogP contribution is 2.18. The van der Waals surface area contributed by atoms with Crippen molar-refractivity contribution >= 4 is 17.6 Å². The molecule has 0 heterocycles. The lowest BCUT2D eigenvalue weighted by molar-refractivity contribution is -0.151. The summed E-state index contributed by atoms with van der Waals surface area (Å²) in [6, 6.07) is 7.19. The van der Waals surface area contributed by atoms with Gasteiger partial charge in [-0.1, -0.05) is 26.0 Å². The Hall–Kier alpha value is -2.58. The Bertz CT molecular complexity index is 643. The van der Waals surface area contributed by atoms with Crippen LogP contribution in [0.1, 0.15) is 32.8 Å². The molecular formula is C19H31N5O3. The fraction of sp³-hybridized carbons (Fsp3) is 0.474. The maximum atomic E-state index is 12.5. The van der Waals surface area contributed by atoms with Crippen LogP contribution in [0.3, 0.4) is 0 Å². The van der Waals surface area contributed by atoms with E-state index in [1.165, 1.54) is 5.01 Å². The van der Waals surface area contributed by atoms with Gasteiger partial charge in [-0.05, 0) is 37.0 Å². The Morgan fingerprint density at radius 2 is 1.89 bits per heavy atom. The van der Waals surface area contributed by atoms with Gasteiger partial charge >= 0.3 is 5.97 Å². The molecule has 0 saturated carbocycles. The predicted octanol–water partition coefficient (Wildman–Crippen LogP) is 1.29. The number of anilines is 1. The average molecular weight is 377 g/mol. The van der Waals surface area contributed by atoms with Crippen molar-refractivity contribution in [3.05, 3.63) is 41.7 Å². The van der Waals surface area contributed by atoms with E-state index in [1.54, 1.807) is 25.3 Å². The zero-order valence-corrected chi connectivity index (χ0v) is 16.3. The molecule has 0 spiro atoms. The number of carbonyl (C=O) groups is 2. The fourth-order valence-corrected chi connectivity index (χ4v) is 2.47. The third-order valence-corrected chi connectivity index (χ3v) is 3.75. The molecule has 0 aliphatic heterocycles. The topological polar surface area (TPSA) is 137 Å². The standard InChI is InChI=1S/C19H31N5O3/c1-4-27-19(26)17(9-13(2)3)18(25)23-16-7-5-14(6-8-16)11-24(22)12-15(21)10-20/h5-8,12-13,17H,4,9-11,20-22H2,1-3H3,(H,23,25)/b15-12-. The van der Waals surface area contributed by atoms with Crippen molar-refractivity contribution in [2.75, 3.05) is 18.5 Å². The first-order valence-corrected chi connectivity index (χ1v) is 9.00. The monoisotopic (exact) mass is 377 g/mol. The lowest BCUT2D eigenvalue weighted by Crippen LogP contribution is -2.32. The number of nitrogens with two attached hydrogens (primary N) is 3. The van der Waals surface area contributed by atoms with Crippen LogP contribution < -0.4 is 22.6 Å². The molecule has 0 aliphatic carbocycles. The molecule has 0 bridgehead atoms. The van der Waals surface area contributed by atoms with Crippen molar-refractivity contribution in [3.8, 4) is 0 Å². The van der Waals surface area contributed by atoms with Gasteiger partial charge in [0, 0.05) is 24.1 Å². The van der Waals surface area contributed by atoms with E-state index in [4.69, 9.17) is 22.0 Å². The number of amides is 1. The molecule has 7 N–H and O–H groups in total. The Kier molecular flexibility index (Phi) is 9.32. The van der Waals surface area contributed by atoms with E-state index in [0.29, 0.717) is 24.4 Å². The Morgan fingerprint density at radius 1 is 1.26 bits per heavy atom. The molecule has 1 aromatic carbocycles. The normalized spacial score (nSPS) is 12.6. The summed E-state index contributed by atoms with van der Waals surface area (Å²) in [6.45, 7) is 6.55. The van der Waals surface area contributed by atoms with Crippen molar-refractivity contribution in [2.45, 2.75) is 33.7 Å². The Balaban J connectivity index is 2.74. The number of nitrogens with one attached hydrogen (secondary N) is 1. The van der Waals surface area contributed by atoms with Crippen LogP contribution >= 0.6 is 0 Å². The lowest BCUT2D eigenvalue weighted by Gasteiger charge is -2.18. The Labute approximate surface area is 160 Å². The number of hydrogen-bond donors (Lipinski definition) is 4. The van der Waals surface area contributed by atoms with Gasteiger partial charge < -0.3 is 26.5 Å². The molecule has 0 radical (unpaired) electrons. The molecule has 0 fully saturated rings. The van der Waals surface area contributed by atoms with E-state index in [1.807, 2.05) is 26.0 Å². The van der Waals surface area contributed by atoms with Crippen molar-refractivity contribution in [1.82, 2.24) is 5.01 Å². The summed E-state index contributed by atoms with van der Waals surface area (Å²) in [5.74, 6) is 4.35. The second-order valence-corrected chi connectivity index (χ2v) is 6.70. The molecule has 27 heavy (non-hydrogen) atoms. The molecular weight excluding hydrogens is 346 g/mol. The van der Waals surface area contributed by atoms with Gasteiger partial charge in [-0.2, -0.15) is 0 Å². The summed E-state index contributed by atoms with van der Waals surface area (Å²) >= 11 is 0. The largest absolute Gasteiger partial charge is 0.465 e. The van der Waals surface area contributed by atoms with E-state index >= 15 is 0 Å². The number of benzene rings is 1. The van der Waals surface area contributed by atoms with Gasteiger partial charge in [0.25, 0.3) is 0 Å². The Morgan fingerprint density at radius 3 is 2.41 bits per heavy atom. The van der Waals surface area contributed by atoms with Crippen LogP contribution in [0.15, 0.2) is 36.2 Å². The summed E-state index contributed by atoms with van der Waals surface area (Å²) in [6.07, 6.45) is 2.01. The molecule has 1 aromatic rings. The summed E-state index contributed by atoms with van der Waals surface area (Å²) in [7, 11) is 0. The molecule has 0 saturated heterocycles. The summed E-state index contributed by atoms with van der Waals surface area (Å²) in [5.41, 5.74) is 13.1. The number of ether oxygens (including phenoxy) is 1. The van der Waals surface area contributed by atoms with Crippen LogP contribution in [0, 0.1) is 11.8 Å². The number of hydrogen-bond acceptors (Lipinski definition) is 7. The van der Waals surface area contributed by atoms with Gasteiger partial charge in [-0.15, -0.1) is 0 Å². The molecule has 1 rings (SSSR count). The van der Waals surface area contributed by atoms with Crippen molar-refractivity contribution in [2.24, 2.45) is 29.1 Å². The third-order valence-electron chi connectivity index (χ3n) is 3.75. The van der Waals surface area contributed by atoms with Gasteiger partial charge in [0.2, 0.25) is 5.91 Å². The van der Waals surface area contributed by atoms with E-state index in [0.717, 1.165) is 5.56 Å². The molecule has 150 valence electrons. The number of rotatable bonds is 10. The lowest BCUT2D eigenvalue weighted by atomic mass is 9.96. The first-order valence-electron chi connectivity index (χ1n) is 9.00. The first-order chi connectivity index (χ1) is 12.8. The van der Waals surface area contributed by atoms with Crippen molar-refractivity contribution < 1.29 is 14.3 Å². The maximum Gasteiger partial charge on any atom is 0.318 e. The van der Waals surface area contributed by atoms with Crippen molar-refractivity contribution in [3.63, 3.8) is 0 Å². The predicted molar refractivity (Wildman–Crippen MR) is 106 cm³/mol. The molecule has 8 nitrogen and oxygen atoms in total. The number of hydrazine groups is 1. The van der Waals surface area contributed by atoms with Crippen LogP contribution in [0.2, 0.25) is 0 Å². The quantitative estimate of drug-likeness (QED) is 0.209. The number of carbonyl (C=O) groups excluding carboxylic acids is 2. The molecule has 0 aromatic heterocycles. The molecule has 0 aliphatic rings. The molecule has 1 unspecified atom stereocenters. The number of nitrogens with zero attached hydrogens (tertiary/aromatic N) is 1. The third kappa shape index (κ3) is 8.10. The molecule has 1 atom stereocenters. The second kappa shape index (κ2) is 11.2. The second-order valence-electron chi connectivity index (χ2n) is 6.70. The molecule has 8 heteroatoms. The fourth-order valence-electron chi connectivity index (χ4n) is 2.47. The highest BCUT2D eigenvalue weighted by Gasteiger charge is 2.28. The minimum Gasteiger partial charge on any atom is -0.465 e. The SMILES string of the molecule is CCOC(=O)C(CC(C)C)C(=O)Nc1ccc(CN(N)/C=C(\N)CN)cc1. The smallest absolute Gasteiger partial charge is 0.318 e. The van der Waals surface area contributed by atoms with Crippen LogP contribution in [-0.4, -0.2) is 30.0 Å². The maximum absolute atomic E-state index is 12.5. The van der Waals surface area contributed by atoms with E-state index in [2.05, 4.69) is 5.32 Å². The summed E-state index contributed by atoms with van der Waals surface area (Å²) in [4.78, 5) is 24.6. The summed E-state index contributed by atoms with van der Waals surface area (Å²) in [5, 5.41) is 4.22. The van der Waals surface area contributed by atoms with Crippen LogP contribution in [0.25, 0.3) is 0 Å². The van der Waals surface area contributed by atoms with E-state index in [-0.39, 0.29) is 25.0 Å². The highest BCUT2D eigenvalue weighted by molar-refractivity contribution is 6.04. The van der Waals surface area contributed by atoms with Gasteiger partial charge in [-0.3, -0.25) is 9.59 Å². The van der Waals surface area contributed by atoms with Gasteiger partial charge in [0.1, 0.15) is 5.92 Å². The zero-order valence-electron chi connectivity index (χ0n) is 16.3. The van der Waals surface area contributed by atoms with E-state index in [9.17, 15) is 9.59 Å². The highest BCUT2D eigenvalue weighted by atomic mass is 16.5. The van der Waals surface area contributed by atoms with E-state index < -0.39 is 11.9 Å². The number of esters is 1. The zero-order chi connectivity index (χ0) is 20.4. The van der Waals surface area contributed by atoms with Gasteiger partial charge in [0.05, 0.1) is 13.2 Å². The van der Waals surface area contributed by atoms with Crippen LogP contribution in [-0.2, 0) is 20.9 Å². The summed E-state index contributed by atoms with van der Waals surface area (Å²) < 4.78 is 5.02. The minimum atomic E-state index is -0.825. The first kappa shape index (κ1) is 22.5. The molecule has 1 amide bonds. The minimum absolute atomic E-state index is 0.192. The van der Waals surface area contributed by atoms with Crippen molar-refractivity contribution in [1.29, 1.82) is 0 Å². The van der Waals surface area contributed by atoms with Gasteiger partial charge in [0.15, 0.2) is 0 Å². The van der Waals surface area contributed by atoms with Crippen LogP contribution in [0.4, 0.5) is 5.69 Å². The average Bonchev–Trinajstić information content (AvgIpc) is 2.61. The van der Waals surface area contributed by atoms with Gasteiger partial charge in [-0.25, -0.2) is 5.84 Å². The van der Waals surface area contributed by atoms with Crippen LogP contribution in [0.5, 0.6) is 0 Å².